The van der Waals surface area contributed by atoms with Crippen molar-refractivity contribution in [2.24, 2.45) is 5.10 Å². The van der Waals surface area contributed by atoms with Crippen LogP contribution < -0.4 is 15.0 Å². The van der Waals surface area contributed by atoms with Gasteiger partial charge in [-0.3, -0.25) is 4.79 Å². The Morgan fingerprint density at radius 2 is 1.78 bits per heavy atom. The minimum Gasteiger partial charge on any atom is -0.496 e. The fourth-order valence-electron chi connectivity index (χ4n) is 5.28. The Hall–Kier alpha value is -5.64. The second-order valence-corrected chi connectivity index (χ2v) is 10.8. The number of methoxy groups -OCH3 is 1. The Bertz CT molecular complexity index is 2120. The molecule has 0 N–H and O–H groups in total. The summed E-state index contributed by atoms with van der Waals surface area (Å²) >= 11 is 0. The number of furan rings is 1. The number of ether oxygens (including phenoxy) is 3. The third-order valence-electron chi connectivity index (χ3n) is 7.32. The van der Waals surface area contributed by atoms with Crippen molar-refractivity contribution in [3.8, 4) is 28.8 Å². The Balaban J connectivity index is 1.35. The van der Waals surface area contributed by atoms with Gasteiger partial charge in [-0.15, -0.1) is 0 Å². The molecule has 0 unspecified atom stereocenters. The largest absolute Gasteiger partial charge is 0.496 e. The Morgan fingerprint density at radius 3 is 2.53 bits per heavy atom. The number of hydrogen-bond acceptors (Lipinski definition) is 8. The molecular weight excluding hydrogens is 572 g/mol. The van der Waals surface area contributed by atoms with Gasteiger partial charge in [0, 0.05) is 22.6 Å². The van der Waals surface area contributed by atoms with Crippen LogP contribution >= 0.6 is 0 Å². The monoisotopic (exact) mass is 604 g/mol. The number of benzene rings is 3. The quantitative estimate of drug-likeness (QED) is 0.138. The van der Waals surface area contributed by atoms with Gasteiger partial charge in [-0.05, 0) is 88.4 Å². The molecule has 6 aromatic rings. The number of aromatic nitrogens is 3. The van der Waals surface area contributed by atoms with Crippen molar-refractivity contribution >= 4 is 34.1 Å². The number of fused-ring (bicyclic) bond motifs is 2. The van der Waals surface area contributed by atoms with E-state index in [1.54, 1.807) is 57.5 Å². The molecule has 0 bridgehead atoms. The summed E-state index contributed by atoms with van der Waals surface area (Å²) in [4.78, 5) is 30.3. The van der Waals surface area contributed by atoms with E-state index in [0.717, 1.165) is 28.0 Å². The van der Waals surface area contributed by atoms with Crippen molar-refractivity contribution in [3.63, 3.8) is 0 Å². The van der Waals surface area contributed by atoms with Crippen LogP contribution in [0.1, 0.15) is 30.8 Å². The normalized spacial score (nSPS) is 11.6. The van der Waals surface area contributed by atoms with Crippen molar-refractivity contribution in [1.82, 2.24) is 14.2 Å². The fourth-order valence-corrected chi connectivity index (χ4v) is 5.28. The van der Waals surface area contributed by atoms with Gasteiger partial charge in [0.1, 0.15) is 17.1 Å². The van der Waals surface area contributed by atoms with Crippen LogP contribution in [0.3, 0.4) is 0 Å². The third kappa shape index (κ3) is 5.82. The highest BCUT2D eigenvalue weighted by Gasteiger charge is 2.18. The summed E-state index contributed by atoms with van der Waals surface area (Å²) in [5.74, 6) is 1.46. The predicted octanol–water partition coefficient (Wildman–Crippen LogP) is 6.44. The SMILES string of the molecule is COc1cccc2oc(-c3nc4ccccc4c(=O)n3N=Cc3cc(C)n(-c4ccc(OCC(=O)OC(C)C)cc4)c3C)cc12. The molecule has 3 heterocycles. The Kier molecular flexibility index (Phi) is 7.95. The lowest BCUT2D eigenvalue weighted by molar-refractivity contribution is -0.149. The second kappa shape index (κ2) is 12.2. The number of para-hydroxylation sites is 1. The maximum atomic E-state index is 13.7. The summed E-state index contributed by atoms with van der Waals surface area (Å²) in [7, 11) is 1.60. The van der Waals surface area contributed by atoms with Gasteiger partial charge >= 0.3 is 5.97 Å². The second-order valence-electron chi connectivity index (χ2n) is 10.8. The van der Waals surface area contributed by atoms with Crippen LogP contribution in [0.25, 0.3) is 39.1 Å². The van der Waals surface area contributed by atoms with Crippen LogP contribution in [0.15, 0.2) is 93.2 Å². The highest BCUT2D eigenvalue weighted by atomic mass is 16.6. The zero-order valence-electron chi connectivity index (χ0n) is 25.6. The van der Waals surface area contributed by atoms with E-state index in [4.69, 9.17) is 23.6 Å². The highest BCUT2D eigenvalue weighted by Crippen LogP contribution is 2.33. The molecule has 0 saturated heterocycles. The van der Waals surface area contributed by atoms with E-state index >= 15 is 0 Å². The van der Waals surface area contributed by atoms with Crippen LogP contribution in [0, 0.1) is 13.8 Å². The Labute approximate surface area is 259 Å². The molecule has 0 aliphatic heterocycles. The molecular formula is C35H32N4O6. The van der Waals surface area contributed by atoms with Gasteiger partial charge in [0.15, 0.2) is 12.4 Å². The minimum atomic E-state index is -0.418. The molecule has 0 aliphatic rings. The Morgan fingerprint density at radius 1 is 1.00 bits per heavy atom. The minimum absolute atomic E-state index is 0.160. The van der Waals surface area contributed by atoms with Crippen LogP contribution in [0.4, 0.5) is 0 Å². The predicted molar refractivity (Wildman–Crippen MR) is 173 cm³/mol. The van der Waals surface area contributed by atoms with E-state index in [9.17, 15) is 9.59 Å². The zero-order chi connectivity index (χ0) is 31.7. The summed E-state index contributed by atoms with van der Waals surface area (Å²) < 4.78 is 25.7. The van der Waals surface area contributed by atoms with Gasteiger partial charge in [0.05, 0.1) is 35.7 Å². The summed E-state index contributed by atoms with van der Waals surface area (Å²) in [5.41, 5.74) is 4.45. The van der Waals surface area contributed by atoms with Crippen molar-refractivity contribution < 1.29 is 23.4 Å². The van der Waals surface area contributed by atoms with Crippen molar-refractivity contribution in [2.75, 3.05) is 13.7 Å². The molecule has 0 atom stereocenters. The van der Waals surface area contributed by atoms with Crippen LogP contribution in [-0.2, 0) is 9.53 Å². The molecule has 3 aromatic heterocycles. The topological polar surface area (TPSA) is 110 Å². The van der Waals surface area contributed by atoms with Crippen LogP contribution in [0.5, 0.6) is 11.5 Å². The molecule has 3 aromatic carbocycles. The molecule has 0 saturated carbocycles. The lowest BCUT2D eigenvalue weighted by Gasteiger charge is -2.12. The molecule has 0 radical (unpaired) electrons. The number of aryl methyl sites for hydroxylation is 1. The fraction of sp³-hybridized carbons (Fsp3) is 0.200. The van der Waals surface area contributed by atoms with E-state index in [1.165, 1.54) is 4.68 Å². The average Bonchev–Trinajstić information content (AvgIpc) is 3.59. The third-order valence-corrected chi connectivity index (χ3v) is 7.32. The maximum Gasteiger partial charge on any atom is 0.344 e. The zero-order valence-corrected chi connectivity index (χ0v) is 25.6. The van der Waals surface area contributed by atoms with E-state index in [2.05, 4.69) is 9.67 Å². The lowest BCUT2D eigenvalue weighted by atomic mass is 10.2. The number of nitrogens with zero attached hydrogens (tertiary/aromatic N) is 4. The van der Waals surface area contributed by atoms with Crippen LogP contribution in [-0.4, -0.2) is 46.2 Å². The molecule has 0 aliphatic carbocycles. The molecule has 0 spiro atoms. The van der Waals surface area contributed by atoms with Crippen molar-refractivity contribution in [2.45, 2.75) is 33.8 Å². The summed E-state index contributed by atoms with van der Waals surface area (Å²) in [6.07, 6.45) is 1.46. The summed E-state index contributed by atoms with van der Waals surface area (Å²) in [6, 6.07) is 23.9. The molecule has 0 amide bonds. The maximum absolute atomic E-state index is 13.7. The summed E-state index contributed by atoms with van der Waals surface area (Å²) in [6.45, 7) is 7.40. The first kappa shape index (κ1) is 29.4. The van der Waals surface area contributed by atoms with Gasteiger partial charge in [0.25, 0.3) is 5.56 Å². The average molecular weight is 605 g/mol. The lowest BCUT2D eigenvalue weighted by Crippen LogP contribution is -2.20. The first-order valence-corrected chi connectivity index (χ1v) is 14.5. The van der Waals surface area contributed by atoms with Gasteiger partial charge in [0.2, 0.25) is 5.82 Å². The first-order chi connectivity index (χ1) is 21.7. The molecule has 10 nitrogen and oxygen atoms in total. The molecule has 0 fully saturated rings. The standard InChI is InChI=1S/C35H32N4O6/c1-21(2)44-33(40)20-43-26-15-13-25(14-16-26)38-22(3)17-24(23(38)4)19-36-39-34(37-29-10-7-6-9-27(29)35(39)41)32-18-28-30(42-5)11-8-12-31(28)45-32/h6-19,21H,20H2,1-5H3. The molecule has 45 heavy (non-hydrogen) atoms. The number of carbonyl (C=O) groups is 1. The number of rotatable bonds is 9. The number of carbonyl (C=O) groups excluding carboxylic acids is 1. The molecule has 6 rings (SSSR count). The number of esters is 1. The van der Waals surface area contributed by atoms with E-state index < -0.39 is 5.97 Å². The smallest absolute Gasteiger partial charge is 0.344 e. The first-order valence-electron chi connectivity index (χ1n) is 14.5. The van der Waals surface area contributed by atoms with E-state index in [-0.39, 0.29) is 24.1 Å². The van der Waals surface area contributed by atoms with E-state index in [0.29, 0.717) is 33.7 Å². The van der Waals surface area contributed by atoms with E-state index in [1.807, 2.05) is 62.4 Å². The molecule has 10 heteroatoms. The van der Waals surface area contributed by atoms with Gasteiger partial charge in [-0.2, -0.15) is 9.78 Å². The van der Waals surface area contributed by atoms with Gasteiger partial charge in [-0.25, -0.2) is 9.78 Å². The van der Waals surface area contributed by atoms with Gasteiger partial charge < -0.3 is 23.2 Å². The molecule has 228 valence electrons. The highest BCUT2D eigenvalue weighted by molar-refractivity contribution is 5.89. The van der Waals surface area contributed by atoms with Crippen LogP contribution in [0.2, 0.25) is 0 Å². The number of hydrogen-bond donors (Lipinski definition) is 0. The summed E-state index contributed by atoms with van der Waals surface area (Å²) in [5, 5.41) is 5.86. The van der Waals surface area contributed by atoms with Crippen molar-refractivity contribution in [3.05, 3.63) is 106 Å². The van der Waals surface area contributed by atoms with Gasteiger partial charge in [-0.1, -0.05) is 18.2 Å². The van der Waals surface area contributed by atoms with Crippen molar-refractivity contribution in [1.29, 1.82) is 0 Å².